The van der Waals surface area contributed by atoms with E-state index in [1.165, 1.54) is 24.2 Å². The van der Waals surface area contributed by atoms with Crippen molar-refractivity contribution in [2.45, 2.75) is 63.1 Å². The first kappa shape index (κ1) is 16.6. The van der Waals surface area contributed by atoms with Gasteiger partial charge in [0.2, 0.25) is 0 Å². The minimum Gasteiger partial charge on any atom is -0.460 e. The SMILES string of the molecule is O=C(OC1CC2(CCNCC2)C1)C(O)(c1cccs1)C1CCCC1. The van der Waals surface area contributed by atoms with Crippen LogP contribution in [0.4, 0.5) is 0 Å². The number of carbonyl (C=O) groups excluding carboxylic acids is 1. The molecule has 2 heterocycles. The highest BCUT2D eigenvalue weighted by atomic mass is 32.1. The van der Waals surface area contributed by atoms with Gasteiger partial charge in [-0.3, -0.25) is 0 Å². The van der Waals surface area contributed by atoms with E-state index in [-0.39, 0.29) is 12.0 Å². The zero-order chi connectivity index (χ0) is 16.6. The summed E-state index contributed by atoms with van der Waals surface area (Å²) in [4.78, 5) is 13.7. The molecular formula is C19H27NO3S. The Morgan fingerprint density at radius 1 is 1.29 bits per heavy atom. The molecule has 1 aromatic heterocycles. The van der Waals surface area contributed by atoms with E-state index in [0.29, 0.717) is 5.41 Å². The summed E-state index contributed by atoms with van der Waals surface area (Å²) in [5, 5.41) is 16.7. The molecular weight excluding hydrogens is 322 g/mol. The summed E-state index contributed by atoms with van der Waals surface area (Å²) in [5.74, 6) is -0.415. The summed E-state index contributed by atoms with van der Waals surface area (Å²) in [6, 6.07) is 3.78. The predicted octanol–water partition coefficient (Wildman–Crippen LogP) is 3.20. The van der Waals surface area contributed by atoms with Crippen LogP contribution >= 0.6 is 11.3 Å². The van der Waals surface area contributed by atoms with Crippen LogP contribution in [0.25, 0.3) is 0 Å². The smallest absolute Gasteiger partial charge is 0.344 e. The normalized spacial score (nSPS) is 26.9. The Kier molecular flexibility index (Phi) is 4.43. The summed E-state index contributed by atoms with van der Waals surface area (Å²) in [6.45, 7) is 2.14. The molecule has 2 N–H and O–H groups in total. The Labute approximate surface area is 147 Å². The van der Waals surface area contributed by atoms with Gasteiger partial charge >= 0.3 is 5.97 Å². The molecule has 2 aliphatic carbocycles. The lowest BCUT2D eigenvalue weighted by Gasteiger charge is -2.50. The van der Waals surface area contributed by atoms with Crippen molar-refractivity contribution in [2.75, 3.05) is 13.1 Å². The van der Waals surface area contributed by atoms with Crippen molar-refractivity contribution >= 4 is 17.3 Å². The van der Waals surface area contributed by atoms with Crippen molar-refractivity contribution in [2.24, 2.45) is 11.3 Å². The fourth-order valence-corrected chi connectivity index (χ4v) is 5.79. The van der Waals surface area contributed by atoms with Crippen molar-refractivity contribution in [3.8, 4) is 0 Å². The third-order valence-corrected chi connectivity index (χ3v) is 7.41. The molecule has 1 atom stereocenters. The second-order valence-electron chi connectivity index (χ2n) is 7.91. The molecule has 0 radical (unpaired) electrons. The van der Waals surface area contributed by atoms with E-state index in [1.54, 1.807) is 0 Å². The molecule has 1 spiro atoms. The molecule has 132 valence electrons. The molecule has 4 nitrogen and oxygen atoms in total. The predicted molar refractivity (Wildman–Crippen MR) is 93.8 cm³/mol. The third-order valence-electron chi connectivity index (χ3n) is 6.41. The Morgan fingerprint density at radius 2 is 2.00 bits per heavy atom. The van der Waals surface area contributed by atoms with E-state index in [1.807, 2.05) is 17.5 Å². The van der Waals surface area contributed by atoms with Gasteiger partial charge in [-0.2, -0.15) is 0 Å². The van der Waals surface area contributed by atoms with Gasteiger partial charge in [0.25, 0.3) is 0 Å². The molecule has 1 aromatic rings. The molecule has 5 heteroatoms. The van der Waals surface area contributed by atoms with Crippen LogP contribution in [-0.4, -0.2) is 30.3 Å². The van der Waals surface area contributed by atoms with E-state index < -0.39 is 11.6 Å². The first-order chi connectivity index (χ1) is 11.6. The number of nitrogens with one attached hydrogen (secondary N) is 1. The fourth-order valence-electron chi connectivity index (χ4n) is 4.90. The Balaban J connectivity index is 1.45. The monoisotopic (exact) mass is 349 g/mol. The van der Waals surface area contributed by atoms with Gasteiger partial charge in [0.05, 0.1) is 0 Å². The molecule has 3 fully saturated rings. The lowest BCUT2D eigenvalue weighted by Crippen LogP contribution is -2.52. The Morgan fingerprint density at radius 3 is 2.62 bits per heavy atom. The number of esters is 1. The number of rotatable bonds is 4. The second-order valence-corrected chi connectivity index (χ2v) is 8.86. The largest absolute Gasteiger partial charge is 0.460 e. The molecule has 1 aliphatic heterocycles. The minimum atomic E-state index is -1.44. The van der Waals surface area contributed by atoms with E-state index in [9.17, 15) is 9.90 Å². The van der Waals surface area contributed by atoms with Crippen LogP contribution in [0.5, 0.6) is 0 Å². The second kappa shape index (κ2) is 6.43. The maximum absolute atomic E-state index is 12.9. The zero-order valence-corrected chi connectivity index (χ0v) is 14.9. The van der Waals surface area contributed by atoms with Gasteiger partial charge in [-0.05, 0) is 68.5 Å². The van der Waals surface area contributed by atoms with Crippen molar-refractivity contribution in [1.82, 2.24) is 5.32 Å². The van der Waals surface area contributed by atoms with Crippen LogP contribution in [0.1, 0.15) is 56.2 Å². The number of ether oxygens (including phenoxy) is 1. The van der Waals surface area contributed by atoms with Gasteiger partial charge in [-0.25, -0.2) is 4.79 Å². The number of aliphatic hydroxyl groups is 1. The summed E-state index contributed by atoms with van der Waals surface area (Å²) >= 11 is 1.46. The van der Waals surface area contributed by atoms with Crippen LogP contribution in [-0.2, 0) is 15.1 Å². The Hall–Kier alpha value is -0.910. The number of hydrogen-bond donors (Lipinski definition) is 2. The van der Waals surface area contributed by atoms with Crippen LogP contribution in [0.15, 0.2) is 17.5 Å². The highest BCUT2D eigenvalue weighted by Gasteiger charge is 2.52. The van der Waals surface area contributed by atoms with Crippen LogP contribution in [0.2, 0.25) is 0 Å². The highest BCUT2D eigenvalue weighted by molar-refractivity contribution is 7.10. The summed E-state index contributed by atoms with van der Waals surface area (Å²) in [5.41, 5.74) is -1.06. The molecule has 3 aliphatic rings. The summed E-state index contributed by atoms with van der Waals surface area (Å²) < 4.78 is 5.81. The number of hydrogen-bond acceptors (Lipinski definition) is 5. The van der Waals surface area contributed by atoms with Gasteiger partial charge in [-0.1, -0.05) is 18.9 Å². The molecule has 2 saturated carbocycles. The molecule has 24 heavy (non-hydrogen) atoms. The highest BCUT2D eigenvalue weighted by Crippen LogP contribution is 2.50. The minimum absolute atomic E-state index is 0.00318. The average molecular weight is 349 g/mol. The van der Waals surface area contributed by atoms with Gasteiger partial charge in [0, 0.05) is 10.8 Å². The molecule has 0 amide bonds. The lowest BCUT2D eigenvalue weighted by molar-refractivity contribution is -0.191. The molecule has 1 unspecified atom stereocenters. The molecule has 4 rings (SSSR count). The van der Waals surface area contributed by atoms with Gasteiger partial charge in [-0.15, -0.1) is 11.3 Å². The standard InChI is InChI=1S/C19H27NO3S/c21-17(23-15-12-18(13-15)7-9-20-10-8-18)19(22,14-4-1-2-5-14)16-6-3-11-24-16/h3,6,11,14-15,20,22H,1-2,4-5,7-10,12-13H2. The average Bonchev–Trinajstić information content (AvgIpc) is 3.27. The van der Waals surface area contributed by atoms with Crippen LogP contribution < -0.4 is 5.32 Å². The summed E-state index contributed by atoms with van der Waals surface area (Å²) in [6.07, 6.45) is 8.27. The summed E-state index contributed by atoms with van der Waals surface area (Å²) in [7, 11) is 0. The van der Waals surface area contributed by atoms with Gasteiger partial charge < -0.3 is 15.2 Å². The van der Waals surface area contributed by atoms with E-state index >= 15 is 0 Å². The molecule has 0 aromatic carbocycles. The van der Waals surface area contributed by atoms with E-state index in [2.05, 4.69) is 5.32 Å². The Bertz CT molecular complexity index is 567. The maximum Gasteiger partial charge on any atom is 0.344 e. The maximum atomic E-state index is 12.9. The van der Waals surface area contributed by atoms with Gasteiger partial charge in [0.1, 0.15) is 6.10 Å². The van der Waals surface area contributed by atoms with Crippen LogP contribution in [0.3, 0.4) is 0 Å². The van der Waals surface area contributed by atoms with E-state index in [4.69, 9.17) is 4.74 Å². The lowest BCUT2D eigenvalue weighted by atomic mass is 9.61. The molecule has 0 bridgehead atoms. The topological polar surface area (TPSA) is 58.6 Å². The van der Waals surface area contributed by atoms with Crippen molar-refractivity contribution in [1.29, 1.82) is 0 Å². The third kappa shape index (κ3) is 2.80. The van der Waals surface area contributed by atoms with E-state index in [0.717, 1.165) is 56.5 Å². The number of thiophene rings is 1. The van der Waals surface area contributed by atoms with Crippen molar-refractivity contribution in [3.05, 3.63) is 22.4 Å². The van der Waals surface area contributed by atoms with Crippen LogP contribution in [0, 0.1) is 11.3 Å². The fraction of sp³-hybridized carbons (Fsp3) is 0.737. The first-order valence-corrected chi connectivity index (χ1v) is 10.2. The van der Waals surface area contributed by atoms with Gasteiger partial charge in [0.15, 0.2) is 5.60 Å². The molecule has 1 saturated heterocycles. The van der Waals surface area contributed by atoms with Crippen molar-refractivity contribution < 1.29 is 14.6 Å². The first-order valence-electron chi connectivity index (χ1n) is 9.31. The van der Waals surface area contributed by atoms with Crippen molar-refractivity contribution in [3.63, 3.8) is 0 Å². The quantitative estimate of drug-likeness (QED) is 0.820. The number of piperidine rings is 1. The zero-order valence-electron chi connectivity index (χ0n) is 14.1. The number of carbonyl (C=O) groups is 1.